The first-order valence-corrected chi connectivity index (χ1v) is 8.62. The Morgan fingerprint density at radius 1 is 1.35 bits per heavy atom. The molecule has 2 amide bonds. The molecule has 2 atom stereocenters. The summed E-state index contributed by atoms with van der Waals surface area (Å²) >= 11 is 1.52. The monoisotopic (exact) mass is 332 g/mol. The summed E-state index contributed by atoms with van der Waals surface area (Å²) in [5.41, 5.74) is 0.776. The number of nitrogens with one attached hydrogen (secondary N) is 2. The third-order valence-electron chi connectivity index (χ3n) is 4.64. The van der Waals surface area contributed by atoms with Crippen molar-refractivity contribution in [1.82, 2.24) is 15.6 Å². The van der Waals surface area contributed by atoms with E-state index in [0.717, 1.165) is 41.3 Å². The van der Waals surface area contributed by atoms with Gasteiger partial charge in [-0.05, 0) is 31.5 Å². The molecule has 5 rings (SSSR count). The Kier molecular flexibility index (Phi) is 2.89. The molecule has 0 aliphatic carbocycles. The highest BCUT2D eigenvalue weighted by molar-refractivity contribution is 7.22. The summed E-state index contributed by atoms with van der Waals surface area (Å²) in [5, 5.41) is 7.23. The van der Waals surface area contributed by atoms with Crippen LogP contribution in [0.25, 0.3) is 10.2 Å². The van der Waals surface area contributed by atoms with E-state index in [1.807, 2.05) is 12.1 Å². The predicted molar refractivity (Wildman–Crippen MR) is 86.4 cm³/mol. The van der Waals surface area contributed by atoms with Crippen LogP contribution in [0, 0.1) is 0 Å². The lowest BCUT2D eigenvalue weighted by atomic mass is 10.1. The van der Waals surface area contributed by atoms with E-state index in [1.54, 1.807) is 4.90 Å². The minimum absolute atomic E-state index is 0.0587. The SMILES string of the molecule is O=C1N[C@H]2CCCNC[C@H]2N1c1nc2c3c(ccc2s1)OCO3. The van der Waals surface area contributed by atoms with Crippen molar-refractivity contribution in [3.8, 4) is 11.5 Å². The molecular weight excluding hydrogens is 316 g/mol. The summed E-state index contributed by atoms with van der Waals surface area (Å²) in [6.07, 6.45) is 2.07. The van der Waals surface area contributed by atoms with Crippen molar-refractivity contribution in [3.05, 3.63) is 12.1 Å². The second-order valence-electron chi connectivity index (χ2n) is 5.98. The Labute approximate surface area is 136 Å². The number of thiazole rings is 1. The molecule has 0 saturated carbocycles. The number of ether oxygens (including phenoxy) is 2. The maximum absolute atomic E-state index is 12.5. The van der Waals surface area contributed by atoms with E-state index >= 15 is 0 Å². The third-order valence-corrected chi connectivity index (χ3v) is 5.66. The van der Waals surface area contributed by atoms with Crippen LogP contribution < -0.4 is 25.0 Å². The molecule has 1 aromatic heterocycles. The second-order valence-corrected chi connectivity index (χ2v) is 6.99. The molecule has 3 aliphatic heterocycles. The molecule has 120 valence electrons. The summed E-state index contributed by atoms with van der Waals surface area (Å²) < 4.78 is 11.9. The fourth-order valence-corrected chi connectivity index (χ4v) is 4.55. The van der Waals surface area contributed by atoms with Crippen LogP contribution in [-0.2, 0) is 0 Å². The molecule has 2 fully saturated rings. The first-order valence-electron chi connectivity index (χ1n) is 7.81. The van der Waals surface area contributed by atoms with Crippen molar-refractivity contribution in [2.75, 3.05) is 24.8 Å². The molecule has 3 aliphatic rings. The topological polar surface area (TPSA) is 75.7 Å². The zero-order chi connectivity index (χ0) is 15.4. The largest absolute Gasteiger partial charge is 0.454 e. The summed E-state index contributed by atoms with van der Waals surface area (Å²) in [7, 11) is 0. The van der Waals surface area contributed by atoms with E-state index in [9.17, 15) is 4.79 Å². The van der Waals surface area contributed by atoms with Gasteiger partial charge in [-0.3, -0.25) is 4.90 Å². The lowest BCUT2D eigenvalue weighted by Gasteiger charge is -2.22. The van der Waals surface area contributed by atoms with E-state index in [1.165, 1.54) is 11.3 Å². The van der Waals surface area contributed by atoms with Crippen molar-refractivity contribution in [3.63, 3.8) is 0 Å². The van der Waals surface area contributed by atoms with Gasteiger partial charge >= 0.3 is 6.03 Å². The van der Waals surface area contributed by atoms with E-state index < -0.39 is 0 Å². The number of nitrogens with zero attached hydrogens (tertiary/aromatic N) is 2. The van der Waals surface area contributed by atoms with Crippen LogP contribution >= 0.6 is 11.3 Å². The maximum Gasteiger partial charge on any atom is 0.324 e. The van der Waals surface area contributed by atoms with Crippen LogP contribution in [0.4, 0.5) is 9.93 Å². The number of carbonyl (C=O) groups excluding carboxylic acids is 1. The molecule has 0 unspecified atom stereocenters. The Hall–Kier alpha value is -2.06. The number of carbonyl (C=O) groups is 1. The summed E-state index contributed by atoms with van der Waals surface area (Å²) in [5.74, 6) is 1.40. The van der Waals surface area contributed by atoms with Crippen molar-refractivity contribution >= 4 is 32.7 Å². The van der Waals surface area contributed by atoms with E-state index in [4.69, 9.17) is 9.47 Å². The van der Waals surface area contributed by atoms with E-state index in [-0.39, 0.29) is 24.9 Å². The average molecular weight is 332 g/mol. The zero-order valence-electron chi connectivity index (χ0n) is 12.4. The van der Waals surface area contributed by atoms with Gasteiger partial charge in [-0.1, -0.05) is 11.3 Å². The molecule has 7 nitrogen and oxygen atoms in total. The van der Waals surface area contributed by atoms with Crippen LogP contribution in [-0.4, -0.2) is 43.0 Å². The highest BCUT2D eigenvalue weighted by Gasteiger charge is 2.42. The van der Waals surface area contributed by atoms with Gasteiger partial charge in [0, 0.05) is 6.54 Å². The summed E-state index contributed by atoms with van der Waals surface area (Å²) in [6.45, 7) is 2.01. The second kappa shape index (κ2) is 4.97. The molecule has 0 bridgehead atoms. The Bertz CT molecular complexity index is 792. The van der Waals surface area contributed by atoms with Gasteiger partial charge in [-0.25, -0.2) is 9.78 Å². The highest BCUT2D eigenvalue weighted by atomic mass is 32.1. The molecule has 23 heavy (non-hydrogen) atoms. The third kappa shape index (κ3) is 1.98. The van der Waals surface area contributed by atoms with Crippen LogP contribution in [0.5, 0.6) is 11.5 Å². The number of urea groups is 1. The average Bonchev–Trinajstić information content (AvgIpc) is 3.19. The molecule has 8 heteroatoms. The Balaban J connectivity index is 1.58. The van der Waals surface area contributed by atoms with Crippen LogP contribution in [0.15, 0.2) is 12.1 Å². The number of hydrogen-bond acceptors (Lipinski definition) is 6. The molecule has 0 spiro atoms. The fraction of sp³-hybridized carbons (Fsp3) is 0.467. The number of fused-ring (bicyclic) bond motifs is 4. The number of anilines is 1. The first-order chi connectivity index (χ1) is 11.3. The van der Waals surface area contributed by atoms with Gasteiger partial charge in [0.05, 0.1) is 16.8 Å². The predicted octanol–water partition coefficient (Wildman–Crippen LogP) is 1.68. The van der Waals surface area contributed by atoms with Gasteiger partial charge < -0.3 is 20.1 Å². The van der Waals surface area contributed by atoms with Crippen LogP contribution in [0.1, 0.15) is 12.8 Å². The van der Waals surface area contributed by atoms with Gasteiger partial charge in [-0.15, -0.1) is 0 Å². The number of rotatable bonds is 1. The summed E-state index contributed by atoms with van der Waals surface area (Å²) in [6, 6.07) is 4.11. The lowest BCUT2D eigenvalue weighted by molar-refractivity contribution is 0.174. The van der Waals surface area contributed by atoms with Crippen molar-refractivity contribution in [2.24, 2.45) is 0 Å². The standard InChI is InChI=1S/C15H16N4O3S/c20-14-17-8-2-1-5-16-6-9(8)19(14)15-18-12-11(23-15)4-3-10-13(12)22-7-21-10/h3-4,8-9,16H,1-2,5-7H2,(H,17,20)/t8-,9+/m0/s1. The number of benzene rings is 1. The molecular formula is C15H16N4O3S. The number of aromatic nitrogens is 1. The number of hydrogen-bond donors (Lipinski definition) is 2. The van der Waals surface area contributed by atoms with Crippen LogP contribution in [0.3, 0.4) is 0 Å². The maximum atomic E-state index is 12.5. The first kappa shape index (κ1) is 13.4. The van der Waals surface area contributed by atoms with E-state index in [2.05, 4.69) is 15.6 Å². The van der Waals surface area contributed by atoms with Gasteiger partial charge in [0.15, 0.2) is 16.6 Å². The quantitative estimate of drug-likeness (QED) is 0.831. The molecule has 2 saturated heterocycles. The Morgan fingerprint density at radius 3 is 3.26 bits per heavy atom. The van der Waals surface area contributed by atoms with Gasteiger partial charge in [0.2, 0.25) is 6.79 Å². The summed E-state index contributed by atoms with van der Waals surface area (Å²) in [4.78, 5) is 19.0. The smallest absolute Gasteiger partial charge is 0.324 e. The fourth-order valence-electron chi connectivity index (χ4n) is 3.53. The molecule has 2 N–H and O–H groups in total. The minimum atomic E-state index is -0.0587. The molecule has 1 aromatic carbocycles. The van der Waals surface area contributed by atoms with Gasteiger partial charge in [0.25, 0.3) is 0 Å². The highest BCUT2D eigenvalue weighted by Crippen LogP contribution is 2.43. The Morgan fingerprint density at radius 2 is 2.30 bits per heavy atom. The van der Waals surface area contributed by atoms with Crippen molar-refractivity contribution in [1.29, 1.82) is 0 Å². The molecule has 4 heterocycles. The minimum Gasteiger partial charge on any atom is -0.454 e. The zero-order valence-corrected chi connectivity index (χ0v) is 13.2. The molecule has 0 radical (unpaired) electrons. The van der Waals surface area contributed by atoms with Gasteiger partial charge in [0.1, 0.15) is 5.52 Å². The van der Waals surface area contributed by atoms with Crippen molar-refractivity contribution in [2.45, 2.75) is 24.9 Å². The normalized spacial score (nSPS) is 26.3. The van der Waals surface area contributed by atoms with Gasteiger partial charge in [-0.2, -0.15) is 0 Å². The lowest BCUT2D eigenvalue weighted by Crippen LogP contribution is -2.42. The van der Waals surface area contributed by atoms with Crippen LogP contribution in [0.2, 0.25) is 0 Å². The number of amides is 2. The van der Waals surface area contributed by atoms with Crippen molar-refractivity contribution < 1.29 is 14.3 Å². The molecule has 2 aromatic rings. The van der Waals surface area contributed by atoms with E-state index in [0.29, 0.717) is 11.5 Å².